The van der Waals surface area contributed by atoms with E-state index in [1.165, 1.54) is 36.0 Å². The molecule has 2 aliphatic carbocycles. The third-order valence-electron chi connectivity index (χ3n) is 4.09. The molecule has 0 heterocycles. The van der Waals surface area contributed by atoms with Gasteiger partial charge in [0.2, 0.25) is 0 Å². The molecule has 2 atom stereocenters. The van der Waals surface area contributed by atoms with Crippen molar-refractivity contribution < 1.29 is 0 Å². The van der Waals surface area contributed by atoms with Crippen LogP contribution in [0.1, 0.15) is 42.7 Å². The van der Waals surface area contributed by atoms with Crippen molar-refractivity contribution in [2.45, 2.75) is 31.6 Å². The molecule has 0 N–H and O–H groups in total. The van der Waals surface area contributed by atoms with Crippen LogP contribution in [0.4, 0.5) is 0 Å². The average Bonchev–Trinajstić information content (AvgIpc) is 2.78. The lowest BCUT2D eigenvalue weighted by atomic mass is 9.74. The zero-order chi connectivity index (χ0) is 11.0. The van der Waals surface area contributed by atoms with Gasteiger partial charge in [-0.2, -0.15) is 5.26 Å². The summed E-state index contributed by atoms with van der Waals surface area (Å²) in [6, 6.07) is 10.8. The Morgan fingerprint density at radius 2 is 2.12 bits per heavy atom. The molecule has 16 heavy (non-hydrogen) atoms. The summed E-state index contributed by atoms with van der Waals surface area (Å²) in [7, 11) is 0. The van der Waals surface area contributed by atoms with Gasteiger partial charge in [0.05, 0.1) is 6.07 Å². The van der Waals surface area contributed by atoms with Crippen molar-refractivity contribution >= 4 is 5.57 Å². The van der Waals surface area contributed by atoms with Gasteiger partial charge >= 0.3 is 0 Å². The minimum atomic E-state index is 0.757. The van der Waals surface area contributed by atoms with Gasteiger partial charge in [-0.15, -0.1) is 0 Å². The van der Waals surface area contributed by atoms with Crippen LogP contribution in [-0.2, 0) is 0 Å². The molecule has 1 aromatic rings. The maximum absolute atomic E-state index is 8.86. The molecule has 0 aromatic heterocycles. The van der Waals surface area contributed by atoms with Crippen LogP contribution in [0.3, 0.4) is 0 Å². The van der Waals surface area contributed by atoms with Gasteiger partial charge in [-0.3, -0.25) is 0 Å². The summed E-state index contributed by atoms with van der Waals surface area (Å²) in [5, 5.41) is 8.86. The summed E-state index contributed by atoms with van der Waals surface area (Å²) < 4.78 is 0. The molecule has 0 saturated heterocycles. The molecular weight excluding hydrogens is 194 g/mol. The number of rotatable bonds is 0. The highest BCUT2D eigenvalue weighted by atomic mass is 14.4. The summed E-state index contributed by atoms with van der Waals surface area (Å²) in [6.07, 6.45) is 6.87. The van der Waals surface area contributed by atoms with Crippen LogP contribution < -0.4 is 0 Å². The van der Waals surface area contributed by atoms with Crippen LogP contribution in [0.2, 0.25) is 0 Å². The lowest BCUT2D eigenvalue weighted by Gasteiger charge is -2.30. The Kier molecular flexibility index (Phi) is 2.29. The smallest absolute Gasteiger partial charge is 0.0915 e. The van der Waals surface area contributed by atoms with Gasteiger partial charge in [-0.1, -0.05) is 30.7 Å². The third-order valence-corrected chi connectivity index (χ3v) is 4.09. The number of hydrogen-bond acceptors (Lipinski definition) is 1. The number of hydrogen-bond donors (Lipinski definition) is 0. The number of nitrogens with zero attached hydrogens (tertiary/aromatic N) is 1. The first-order valence-electron chi connectivity index (χ1n) is 6.08. The average molecular weight is 209 g/mol. The first kappa shape index (κ1) is 9.66. The fourth-order valence-corrected chi connectivity index (χ4v) is 3.41. The fraction of sp³-hybridized carbons (Fsp3) is 0.400. The highest BCUT2D eigenvalue weighted by Crippen LogP contribution is 2.50. The quantitative estimate of drug-likeness (QED) is 0.595. The van der Waals surface area contributed by atoms with E-state index in [-0.39, 0.29) is 0 Å². The summed E-state index contributed by atoms with van der Waals surface area (Å²) in [4.78, 5) is 0. The van der Waals surface area contributed by atoms with Gasteiger partial charge in [0.15, 0.2) is 0 Å². The van der Waals surface area contributed by atoms with Crippen LogP contribution in [0.25, 0.3) is 5.57 Å². The van der Waals surface area contributed by atoms with Gasteiger partial charge in [-0.25, -0.2) is 0 Å². The van der Waals surface area contributed by atoms with Crippen molar-refractivity contribution in [2.75, 3.05) is 0 Å². The third kappa shape index (κ3) is 1.38. The predicted molar refractivity (Wildman–Crippen MR) is 64.7 cm³/mol. The Morgan fingerprint density at radius 1 is 1.25 bits per heavy atom. The Balaban J connectivity index is 2.14. The van der Waals surface area contributed by atoms with Crippen LogP contribution in [0.5, 0.6) is 0 Å². The predicted octanol–water partition coefficient (Wildman–Crippen LogP) is 3.88. The zero-order valence-electron chi connectivity index (χ0n) is 9.32. The highest BCUT2D eigenvalue weighted by Gasteiger charge is 2.34. The number of allylic oxidation sites excluding steroid dienone is 2. The Hall–Kier alpha value is -1.55. The van der Waals surface area contributed by atoms with Crippen LogP contribution in [-0.4, -0.2) is 0 Å². The van der Waals surface area contributed by atoms with Crippen LogP contribution >= 0.6 is 0 Å². The topological polar surface area (TPSA) is 23.8 Å². The van der Waals surface area contributed by atoms with E-state index in [0.717, 1.165) is 18.3 Å². The monoisotopic (exact) mass is 209 g/mol. The van der Waals surface area contributed by atoms with Crippen molar-refractivity contribution in [1.82, 2.24) is 0 Å². The molecular formula is C15H15N. The summed E-state index contributed by atoms with van der Waals surface area (Å²) in [6.45, 7) is 0. The SMILES string of the molecule is N#CC=C1CC2CCCC2c2ccccc21. The second kappa shape index (κ2) is 3.79. The van der Waals surface area contributed by atoms with E-state index >= 15 is 0 Å². The first-order valence-corrected chi connectivity index (χ1v) is 6.08. The second-order valence-electron chi connectivity index (χ2n) is 4.89. The van der Waals surface area contributed by atoms with Gasteiger partial charge in [0.25, 0.3) is 0 Å². The van der Waals surface area contributed by atoms with E-state index in [9.17, 15) is 0 Å². The summed E-state index contributed by atoms with van der Waals surface area (Å²) >= 11 is 0. The molecule has 0 aliphatic heterocycles. The van der Waals surface area contributed by atoms with Crippen molar-refractivity contribution in [3.05, 3.63) is 41.5 Å². The maximum atomic E-state index is 8.86. The minimum Gasteiger partial charge on any atom is -0.193 e. The number of fused-ring (bicyclic) bond motifs is 3. The molecule has 0 spiro atoms. The van der Waals surface area contributed by atoms with E-state index < -0.39 is 0 Å². The van der Waals surface area contributed by atoms with Gasteiger partial charge in [0, 0.05) is 6.08 Å². The standard InChI is InChI=1S/C15H15N/c16-9-8-12-10-11-4-3-7-14(11)15-6-2-1-5-13(12)15/h1-2,5-6,8,11,14H,3-4,7,10H2. The normalized spacial score (nSPS) is 29.6. The Bertz CT molecular complexity index is 478. The Morgan fingerprint density at radius 3 is 3.00 bits per heavy atom. The molecule has 1 heteroatoms. The largest absolute Gasteiger partial charge is 0.193 e. The Labute approximate surface area is 96.4 Å². The molecule has 2 aliphatic rings. The molecule has 2 unspecified atom stereocenters. The van der Waals surface area contributed by atoms with E-state index in [4.69, 9.17) is 5.26 Å². The molecule has 80 valence electrons. The number of nitriles is 1. The van der Waals surface area contributed by atoms with Gasteiger partial charge < -0.3 is 0 Å². The number of benzene rings is 1. The van der Waals surface area contributed by atoms with Crippen molar-refractivity contribution in [3.63, 3.8) is 0 Å². The van der Waals surface area contributed by atoms with E-state index in [0.29, 0.717) is 0 Å². The molecule has 1 fully saturated rings. The summed E-state index contributed by atoms with van der Waals surface area (Å²) in [5.41, 5.74) is 4.06. The molecule has 0 amide bonds. The zero-order valence-corrected chi connectivity index (χ0v) is 9.32. The summed E-state index contributed by atoms with van der Waals surface area (Å²) in [5.74, 6) is 1.54. The van der Waals surface area contributed by atoms with Crippen molar-refractivity contribution in [2.24, 2.45) is 5.92 Å². The van der Waals surface area contributed by atoms with Gasteiger partial charge in [0.1, 0.15) is 0 Å². The van der Waals surface area contributed by atoms with Crippen molar-refractivity contribution in [1.29, 1.82) is 5.26 Å². The molecule has 0 bridgehead atoms. The van der Waals surface area contributed by atoms with E-state index in [2.05, 4.69) is 30.3 Å². The molecule has 1 nitrogen and oxygen atoms in total. The minimum absolute atomic E-state index is 0.757. The van der Waals surface area contributed by atoms with Crippen LogP contribution in [0, 0.1) is 17.2 Å². The first-order chi connectivity index (χ1) is 7.90. The second-order valence-corrected chi connectivity index (χ2v) is 4.89. The lowest BCUT2D eigenvalue weighted by molar-refractivity contribution is 0.483. The maximum Gasteiger partial charge on any atom is 0.0915 e. The lowest BCUT2D eigenvalue weighted by Crippen LogP contribution is -2.15. The van der Waals surface area contributed by atoms with Crippen molar-refractivity contribution in [3.8, 4) is 6.07 Å². The van der Waals surface area contributed by atoms with Crippen LogP contribution in [0.15, 0.2) is 30.3 Å². The fourth-order valence-electron chi connectivity index (χ4n) is 3.41. The van der Waals surface area contributed by atoms with E-state index in [1.807, 2.05) is 0 Å². The highest BCUT2D eigenvalue weighted by molar-refractivity contribution is 5.73. The molecule has 3 rings (SSSR count). The molecule has 0 radical (unpaired) electrons. The van der Waals surface area contributed by atoms with E-state index in [1.54, 1.807) is 6.08 Å². The molecule has 1 aromatic carbocycles. The van der Waals surface area contributed by atoms with Gasteiger partial charge in [-0.05, 0) is 47.8 Å². The molecule has 1 saturated carbocycles.